The third kappa shape index (κ3) is 4.55. The first kappa shape index (κ1) is 20.9. The molecule has 0 aliphatic rings. The number of ether oxygens (including phenoxy) is 3. The summed E-state index contributed by atoms with van der Waals surface area (Å²) in [6.45, 7) is 2.31. The summed E-state index contributed by atoms with van der Waals surface area (Å²) in [5, 5.41) is 12.9. The topological polar surface area (TPSA) is 89.3 Å². The molecule has 160 valence electrons. The van der Waals surface area contributed by atoms with Crippen LogP contribution in [-0.2, 0) is 6.61 Å². The fourth-order valence-corrected chi connectivity index (χ4v) is 3.27. The van der Waals surface area contributed by atoms with Crippen LogP contribution >= 0.6 is 0 Å². The molecule has 32 heavy (non-hydrogen) atoms. The van der Waals surface area contributed by atoms with Crippen LogP contribution in [0.3, 0.4) is 0 Å². The van der Waals surface area contributed by atoms with Gasteiger partial charge in [-0.1, -0.05) is 24.3 Å². The van der Waals surface area contributed by atoms with Crippen molar-refractivity contribution in [1.82, 2.24) is 9.97 Å². The van der Waals surface area contributed by atoms with Crippen LogP contribution in [-0.4, -0.2) is 24.2 Å². The molecule has 0 saturated heterocycles. The summed E-state index contributed by atoms with van der Waals surface area (Å²) < 4.78 is 17.0. The number of nitrogens with zero attached hydrogens (tertiary/aromatic N) is 3. The summed E-state index contributed by atoms with van der Waals surface area (Å²) in [7, 11) is 3.16. The second kappa shape index (κ2) is 9.23. The van der Waals surface area contributed by atoms with Crippen LogP contribution < -0.4 is 19.5 Å². The molecule has 1 N–H and O–H groups in total. The Kier molecular flexibility index (Phi) is 6.04. The lowest BCUT2D eigenvalue weighted by atomic mass is 10.1. The molecule has 0 aliphatic carbocycles. The van der Waals surface area contributed by atoms with E-state index in [1.54, 1.807) is 38.5 Å². The number of nitriles is 1. The Hall–Kier alpha value is -4.31. The lowest BCUT2D eigenvalue weighted by Crippen LogP contribution is -2.04. The van der Waals surface area contributed by atoms with E-state index >= 15 is 0 Å². The van der Waals surface area contributed by atoms with Crippen LogP contribution in [0.5, 0.6) is 17.4 Å². The minimum atomic E-state index is 0.288. The molecule has 7 nitrogen and oxygen atoms in total. The van der Waals surface area contributed by atoms with Gasteiger partial charge in [0, 0.05) is 11.8 Å². The molecule has 0 bridgehead atoms. The molecule has 0 unspecified atom stereocenters. The fourth-order valence-electron chi connectivity index (χ4n) is 3.27. The highest BCUT2D eigenvalue weighted by molar-refractivity contribution is 5.88. The predicted molar refractivity (Wildman–Crippen MR) is 123 cm³/mol. The lowest BCUT2D eigenvalue weighted by Gasteiger charge is -2.14. The second-order valence-electron chi connectivity index (χ2n) is 7.17. The minimum absolute atomic E-state index is 0.288. The number of fused-ring (bicyclic) bond motifs is 1. The number of nitrogens with one attached hydrogen (secondary N) is 1. The molecule has 0 spiro atoms. The number of aryl methyl sites for hydroxylation is 1. The highest BCUT2D eigenvalue weighted by Gasteiger charge is 2.15. The van der Waals surface area contributed by atoms with Crippen molar-refractivity contribution in [3.05, 3.63) is 77.4 Å². The second-order valence-corrected chi connectivity index (χ2v) is 7.17. The molecule has 0 radical (unpaired) electrons. The summed E-state index contributed by atoms with van der Waals surface area (Å²) >= 11 is 0. The van der Waals surface area contributed by atoms with Gasteiger partial charge in [-0.2, -0.15) is 10.2 Å². The smallest absolute Gasteiger partial charge is 0.231 e. The third-order valence-corrected chi connectivity index (χ3v) is 4.90. The predicted octanol–water partition coefficient (Wildman–Crippen LogP) is 5.15. The number of methoxy groups -OCH3 is 2. The molecule has 3 aromatic carbocycles. The summed E-state index contributed by atoms with van der Waals surface area (Å²) in [4.78, 5) is 9.26. The van der Waals surface area contributed by atoms with Gasteiger partial charge in [-0.25, -0.2) is 4.98 Å². The van der Waals surface area contributed by atoms with E-state index < -0.39 is 0 Å². The molecule has 4 aromatic rings. The number of hydrogen-bond donors (Lipinski definition) is 1. The largest absolute Gasteiger partial charge is 0.493 e. The van der Waals surface area contributed by atoms with E-state index in [1.165, 1.54) is 0 Å². The number of benzene rings is 3. The standard InChI is InChI=1S/C25H22N4O3/c1-16-5-4-6-19(11-16)27-25-28-21-13-23(31-3)22(30-2)12-20(21)24(29-25)32-15-18-9-7-17(14-26)8-10-18/h4-13H,15H2,1-3H3,(H,27,28,29). The van der Waals surface area contributed by atoms with E-state index in [4.69, 9.17) is 19.5 Å². The van der Waals surface area contributed by atoms with Crippen LogP contribution in [0.4, 0.5) is 11.6 Å². The van der Waals surface area contributed by atoms with E-state index in [0.717, 1.165) is 16.8 Å². The Balaban J connectivity index is 1.73. The van der Waals surface area contributed by atoms with E-state index in [9.17, 15) is 0 Å². The van der Waals surface area contributed by atoms with Crippen molar-refractivity contribution in [2.75, 3.05) is 19.5 Å². The van der Waals surface area contributed by atoms with Crippen LogP contribution in [0.15, 0.2) is 60.7 Å². The molecule has 0 atom stereocenters. The highest BCUT2D eigenvalue weighted by atomic mass is 16.5. The van der Waals surface area contributed by atoms with Crippen LogP contribution in [0.2, 0.25) is 0 Å². The first-order chi connectivity index (χ1) is 15.6. The van der Waals surface area contributed by atoms with Crippen LogP contribution in [0, 0.1) is 18.3 Å². The molecule has 0 aliphatic heterocycles. The van der Waals surface area contributed by atoms with E-state index in [0.29, 0.717) is 39.8 Å². The SMILES string of the molecule is COc1cc2nc(Nc3cccc(C)c3)nc(OCc3ccc(C#N)cc3)c2cc1OC. The van der Waals surface area contributed by atoms with Crippen molar-refractivity contribution in [3.63, 3.8) is 0 Å². The molecular formula is C25H22N4O3. The Bertz CT molecular complexity index is 1300. The minimum Gasteiger partial charge on any atom is -0.493 e. The van der Waals surface area contributed by atoms with Gasteiger partial charge in [0.1, 0.15) is 6.61 Å². The average Bonchev–Trinajstić information content (AvgIpc) is 2.82. The first-order valence-corrected chi connectivity index (χ1v) is 9.99. The highest BCUT2D eigenvalue weighted by Crippen LogP contribution is 2.36. The molecule has 0 saturated carbocycles. The molecule has 1 aromatic heterocycles. The normalized spacial score (nSPS) is 10.4. The van der Waals surface area contributed by atoms with Crippen molar-refractivity contribution in [3.8, 4) is 23.4 Å². The van der Waals surface area contributed by atoms with E-state index in [-0.39, 0.29) is 6.61 Å². The van der Waals surface area contributed by atoms with Gasteiger partial charge in [0.2, 0.25) is 11.8 Å². The molecule has 7 heteroatoms. The van der Waals surface area contributed by atoms with Gasteiger partial charge in [0.05, 0.1) is 36.8 Å². The molecular weight excluding hydrogens is 404 g/mol. The summed E-state index contributed by atoms with van der Waals surface area (Å²) in [6.07, 6.45) is 0. The summed E-state index contributed by atoms with van der Waals surface area (Å²) in [6, 6.07) is 20.9. The molecule has 0 fully saturated rings. The van der Waals surface area contributed by atoms with Gasteiger partial charge >= 0.3 is 0 Å². The fraction of sp³-hybridized carbons (Fsp3) is 0.160. The third-order valence-electron chi connectivity index (χ3n) is 4.90. The lowest BCUT2D eigenvalue weighted by molar-refractivity contribution is 0.298. The maximum atomic E-state index is 8.99. The van der Waals surface area contributed by atoms with Gasteiger partial charge in [0.25, 0.3) is 0 Å². The first-order valence-electron chi connectivity index (χ1n) is 9.99. The van der Waals surface area contributed by atoms with Crippen molar-refractivity contribution >= 4 is 22.5 Å². The number of anilines is 2. The maximum Gasteiger partial charge on any atom is 0.231 e. The monoisotopic (exact) mass is 426 g/mol. The molecule has 4 rings (SSSR count). The Morgan fingerprint density at radius 1 is 0.938 bits per heavy atom. The van der Waals surface area contributed by atoms with Crippen molar-refractivity contribution in [1.29, 1.82) is 5.26 Å². The zero-order chi connectivity index (χ0) is 22.5. The Labute approximate surface area is 186 Å². The van der Waals surface area contributed by atoms with Crippen LogP contribution in [0.1, 0.15) is 16.7 Å². The molecule has 0 amide bonds. The maximum absolute atomic E-state index is 8.99. The number of rotatable bonds is 7. The van der Waals surface area contributed by atoms with Gasteiger partial charge in [-0.3, -0.25) is 0 Å². The van der Waals surface area contributed by atoms with E-state index in [1.807, 2.05) is 43.3 Å². The average molecular weight is 426 g/mol. The van der Waals surface area contributed by atoms with Gasteiger partial charge in [-0.15, -0.1) is 0 Å². The van der Waals surface area contributed by atoms with Crippen molar-refractivity contribution < 1.29 is 14.2 Å². The summed E-state index contributed by atoms with van der Waals surface area (Å²) in [5.74, 6) is 1.95. The summed E-state index contributed by atoms with van der Waals surface area (Å²) in [5.41, 5.74) is 4.18. The van der Waals surface area contributed by atoms with Gasteiger partial charge in [-0.05, 0) is 48.4 Å². The van der Waals surface area contributed by atoms with Crippen LogP contribution in [0.25, 0.3) is 10.9 Å². The zero-order valence-electron chi connectivity index (χ0n) is 18.0. The number of aromatic nitrogens is 2. The Morgan fingerprint density at radius 3 is 2.38 bits per heavy atom. The molecule has 1 heterocycles. The number of hydrogen-bond acceptors (Lipinski definition) is 7. The van der Waals surface area contributed by atoms with Gasteiger partial charge < -0.3 is 19.5 Å². The van der Waals surface area contributed by atoms with Crippen molar-refractivity contribution in [2.24, 2.45) is 0 Å². The Morgan fingerprint density at radius 2 is 1.69 bits per heavy atom. The van der Waals surface area contributed by atoms with Crippen molar-refractivity contribution in [2.45, 2.75) is 13.5 Å². The van der Waals surface area contributed by atoms with Gasteiger partial charge in [0.15, 0.2) is 11.5 Å². The zero-order valence-corrected chi connectivity index (χ0v) is 18.0. The van der Waals surface area contributed by atoms with E-state index in [2.05, 4.69) is 21.4 Å². The quantitative estimate of drug-likeness (QED) is 0.437.